The summed E-state index contributed by atoms with van der Waals surface area (Å²) in [7, 11) is 0. The summed E-state index contributed by atoms with van der Waals surface area (Å²) in [5, 5.41) is 0. The maximum absolute atomic E-state index is 13.4. The number of H-pyrrole nitrogens is 2. The van der Waals surface area contributed by atoms with Crippen molar-refractivity contribution in [1.82, 2.24) is 9.97 Å². The van der Waals surface area contributed by atoms with E-state index in [2.05, 4.69) is 4.98 Å². The van der Waals surface area contributed by atoms with Gasteiger partial charge in [-0.15, -0.1) is 0 Å². The van der Waals surface area contributed by atoms with E-state index in [0.717, 1.165) is 6.20 Å². The van der Waals surface area contributed by atoms with Gasteiger partial charge in [-0.2, -0.15) is 0 Å². The van der Waals surface area contributed by atoms with Crippen molar-refractivity contribution < 1.29 is 13.2 Å². The van der Waals surface area contributed by atoms with Crippen molar-refractivity contribution in [2.24, 2.45) is 0 Å². The van der Waals surface area contributed by atoms with Gasteiger partial charge < -0.3 is 4.98 Å². The molecule has 0 aliphatic rings. The van der Waals surface area contributed by atoms with Crippen LogP contribution in [-0.2, 0) is 0 Å². The number of aromatic amines is 2. The number of hydrogen-bond donors (Lipinski definition) is 2. The van der Waals surface area contributed by atoms with Crippen LogP contribution in [0, 0.1) is 17.5 Å². The first-order valence-electron chi connectivity index (χ1n) is 4.46. The van der Waals surface area contributed by atoms with Gasteiger partial charge in [0, 0.05) is 18.3 Å². The van der Waals surface area contributed by atoms with E-state index in [9.17, 15) is 22.8 Å². The Hall–Kier alpha value is -2.31. The molecule has 88 valence electrons. The quantitative estimate of drug-likeness (QED) is 0.787. The molecule has 0 unspecified atom stereocenters. The lowest BCUT2D eigenvalue weighted by Crippen LogP contribution is -2.23. The second-order valence-electron chi connectivity index (χ2n) is 3.23. The maximum Gasteiger partial charge on any atom is 0.325 e. The van der Waals surface area contributed by atoms with E-state index in [-0.39, 0.29) is 0 Å². The van der Waals surface area contributed by atoms with E-state index < -0.39 is 39.8 Å². The third-order valence-electron chi connectivity index (χ3n) is 2.10. The summed E-state index contributed by atoms with van der Waals surface area (Å²) in [4.78, 5) is 25.9. The number of benzene rings is 1. The summed E-state index contributed by atoms with van der Waals surface area (Å²) in [5.74, 6) is -3.54. The zero-order chi connectivity index (χ0) is 12.6. The monoisotopic (exact) mass is 242 g/mol. The molecule has 17 heavy (non-hydrogen) atoms. The lowest BCUT2D eigenvalue weighted by Gasteiger charge is -2.03. The molecule has 1 aromatic carbocycles. The molecule has 0 spiro atoms. The average molecular weight is 242 g/mol. The SMILES string of the molecule is O=c1[nH]cc(-c2c(F)cc(F)cc2F)c(=O)[nH]1. The molecule has 0 saturated carbocycles. The number of nitrogens with one attached hydrogen (secondary N) is 2. The predicted molar refractivity (Wildman–Crippen MR) is 53.0 cm³/mol. The first kappa shape index (κ1) is 11.2. The van der Waals surface area contributed by atoms with Gasteiger partial charge in [-0.05, 0) is 0 Å². The second kappa shape index (κ2) is 3.93. The lowest BCUT2D eigenvalue weighted by atomic mass is 10.1. The van der Waals surface area contributed by atoms with Gasteiger partial charge in [0.25, 0.3) is 5.56 Å². The number of rotatable bonds is 1. The van der Waals surface area contributed by atoms with E-state index in [1.807, 2.05) is 4.98 Å². The molecule has 0 radical (unpaired) electrons. The first-order chi connectivity index (χ1) is 7.99. The molecule has 0 saturated heterocycles. The minimum absolute atomic E-state index is 0.417. The normalized spacial score (nSPS) is 10.5. The lowest BCUT2D eigenvalue weighted by molar-refractivity contribution is 0.547. The molecule has 0 fully saturated rings. The molecule has 2 N–H and O–H groups in total. The highest BCUT2D eigenvalue weighted by Gasteiger charge is 2.16. The molecule has 0 aliphatic carbocycles. The number of halogens is 3. The fraction of sp³-hybridized carbons (Fsp3) is 0. The van der Waals surface area contributed by atoms with E-state index >= 15 is 0 Å². The molecule has 1 heterocycles. The molecule has 4 nitrogen and oxygen atoms in total. The van der Waals surface area contributed by atoms with E-state index in [1.54, 1.807) is 0 Å². The summed E-state index contributed by atoms with van der Waals surface area (Å²) >= 11 is 0. The van der Waals surface area contributed by atoms with Crippen LogP contribution >= 0.6 is 0 Å². The van der Waals surface area contributed by atoms with Crippen LogP contribution in [0.4, 0.5) is 13.2 Å². The largest absolute Gasteiger partial charge is 0.325 e. The van der Waals surface area contributed by atoms with Gasteiger partial charge >= 0.3 is 5.69 Å². The number of hydrogen-bond acceptors (Lipinski definition) is 2. The van der Waals surface area contributed by atoms with Crippen molar-refractivity contribution in [3.8, 4) is 11.1 Å². The van der Waals surface area contributed by atoms with Gasteiger partial charge in [-0.1, -0.05) is 0 Å². The Labute approximate surface area is 91.7 Å². The van der Waals surface area contributed by atoms with Crippen LogP contribution in [0.25, 0.3) is 11.1 Å². The van der Waals surface area contributed by atoms with Crippen molar-refractivity contribution in [3.05, 3.63) is 56.6 Å². The molecule has 0 bridgehead atoms. The molecule has 0 atom stereocenters. The topological polar surface area (TPSA) is 65.7 Å². The van der Waals surface area contributed by atoms with Crippen LogP contribution in [0.3, 0.4) is 0 Å². The van der Waals surface area contributed by atoms with Crippen LogP contribution in [0.1, 0.15) is 0 Å². The van der Waals surface area contributed by atoms with Gasteiger partial charge in [-0.25, -0.2) is 18.0 Å². The Morgan fingerprint density at radius 3 is 2.12 bits per heavy atom. The highest BCUT2D eigenvalue weighted by Crippen LogP contribution is 2.23. The summed E-state index contributed by atoms with van der Waals surface area (Å²) < 4.78 is 39.4. The average Bonchev–Trinajstić information content (AvgIpc) is 2.19. The van der Waals surface area contributed by atoms with Crippen LogP contribution in [0.2, 0.25) is 0 Å². The predicted octanol–water partition coefficient (Wildman–Crippen LogP) is 1.15. The molecule has 0 amide bonds. The minimum atomic E-state index is -1.22. The van der Waals surface area contributed by atoms with Crippen molar-refractivity contribution in [3.63, 3.8) is 0 Å². The smallest absolute Gasteiger partial charge is 0.313 e. The Morgan fingerprint density at radius 1 is 1.00 bits per heavy atom. The van der Waals surface area contributed by atoms with E-state index in [0.29, 0.717) is 12.1 Å². The van der Waals surface area contributed by atoms with Gasteiger partial charge in [0.1, 0.15) is 17.5 Å². The fourth-order valence-corrected chi connectivity index (χ4v) is 1.40. The maximum atomic E-state index is 13.4. The van der Waals surface area contributed by atoms with Crippen molar-refractivity contribution >= 4 is 0 Å². The highest BCUT2D eigenvalue weighted by atomic mass is 19.1. The van der Waals surface area contributed by atoms with Crippen LogP contribution in [0.15, 0.2) is 27.9 Å². The highest BCUT2D eigenvalue weighted by molar-refractivity contribution is 5.62. The van der Waals surface area contributed by atoms with Crippen molar-refractivity contribution in [2.45, 2.75) is 0 Å². The minimum Gasteiger partial charge on any atom is -0.313 e. The van der Waals surface area contributed by atoms with Crippen LogP contribution in [-0.4, -0.2) is 9.97 Å². The molecular formula is C10H5F3N2O2. The standard InChI is InChI=1S/C10H5F3N2O2/c11-4-1-6(12)8(7(13)2-4)5-3-14-10(17)15-9(5)16/h1-3H,(H2,14,15,16,17). The zero-order valence-electron chi connectivity index (χ0n) is 8.18. The van der Waals surface area contributed by atoms with Crippen LogP contribution in [0.5, 0.6) is 0 Å². The molecular weight excluding hydrogens is 237 g/mol. The van der Waals surface area contributed by atoms with Gasteiger partial charge in [-0.3, -0.25) is 9.78 Å². The molecule has 2 aromatic rings. The van der Waals surface area contributed by atoms with Gasteiger partial charge in [0.05, 0.1) is 11.1 Å². The molecule has 7 heteroatoms. The summed E-state index contributed by atoms with van der Waals surface area (Å²) in [6.45, 7) is 0. The fourth-order valence-electron chi connectivity index (χ4n) is 1.40. The molecule has 0 aliphatic heterocycles. The zero-order valence-corrected chi connectivity index (χ0v) is 8.18. The van der Waals surface area contributed by atoms with Gasteiger partial charge in [0.15, 0.2) is 0 Å². The Kier molecular flexibility index (Phi) is 2.58. The Balaban J connectivity index is 2.77. The van der Waals surface area contributed by atoms with Crippen molar-refractivity contribution in [1.29, 1.82) is 0 Å². The third kappa shape index (κ3) is 1.99. The molecule has 2 rings (SSSR count). The Morgan fingerprint density at radius 2 is 1.59 bits per heavy atom. The van der Waals surface area contributed by atoms with E-state index in [4.69, 9.17) is 0 Å². The molecule has 1 aromatic heterocycles. The Bertz CT molecular complexity index is 667. The van der Waals surface area contributed by atoms with E-state index in [1.165, 1.54) is 0 Å². The number of aromatic nitrogens is 2. The van der Waals surface area contributed by atoms with Crippen LogP contribution < -0.4 is 11.2 Å². The van der Waals surface area contributed by atoms with Gasteiger partial charge in [0.2, 0.25) is 0 Å². The summed E-state index contributed by atoms with van der Waals surface area (Å²) in [5.41, 5.74) is -2.87. The van der Waals surface area contributed by atoms with Crippen molar-refractivity contribution in [2.75, 3.05) is 0 Å². The summed E-state index contributed by atoms with van der Waals surface area (Å²) in [6.07, 6.45) is 0.862. The first-order valence-corrected chi connectivity index (χ1v) is 4.46. The third-order valence-corrected chi connectivity index (χ3v) is 2.10. The summed E-state index contributed by atoms with van der Waals surface area (Å²) in [6, 6.07) is 0.895. The second-order valence-corrected chi connectivity index (χ2v) is 3.23.